The number of primary amides is 1. The standard InChI is InChI=1S/C42H54N4O9/c1-39-10-9-27(48)12-25(39)7-8-28-29-13-33-42(32(50)21-47,40(29,2)19-31(49)36(28)39)55-38(54-33)24-5-3-22(4-6-24)11-23-15-41(16-23)17-26(18-41)45-37(53)30(14-34(44)51)46-35(52)20-43/h3-6,9-10,12,23,26,28-31,33,36,38,47,49H,7-8,11,13-21,43H2,1-2H3,(H2,44,51)(H,45,53)(H,46,52)/t23?,26?,28-,29-,30-,31-,33+,36+,38+,39-,40-,41?,42+/m0/s1. The number of carbonyl (C=O) groups is 5. The smallest absolute Gasteiger partial charge is 0.243 e. The van der Waals surface area contributed by atoms with E-state index in [1.165, 1.54) is 5.56 Å². The molecule has 1 saturated heterocycles. The van der Waals surface area contributed by atoms with Crippen LogP contribution in [0.3, 0.4) is 0 Å². The van der Waals surface area contributed by atoms with E-state index in [0.29, 0.717) is 18.8 Å². The summed E-state index contributed by atoms with van der Waals surface area (Å²) in [7, 11) is 0. The number of ketones is 2. The van der Waals surface area contributed by atoms with Crippen molar-refractivity contribution in [1.29, 1.82) is 0 Å². The summed E-state index contributed by atoms with van der Waals surface area (Å²) >= 11 is 0. The van der Waals surface area contributed by atoms with Gasteiger partial charge in [-0.25, -0.2) is 0 Å². The number of hydrogen-bond acceptors (Lipinski definition) is 10. The van der Waals surface area contributed by atoms with Gasteiger partial charge in [-0.3, -0.25) is 24.0 Å². The number of nitrogens with one attached hydrogen (secondary N) is 2. The molecule has 8 rings (SSSR count). The summed E-state index contributed by atoms with van der Waals surface area (Å²) in [6, 6.07) is 7.09. The molecule has 0 radical (unpaired) electrons. The molecule has 5 saturated carbocycles. The minimum absolute atomic E-state index is 0.0132. The van der Waals surface area contributed by atoms with E-state index in [-0.39, 0.29) is 48.0 Å². The Morgan fingerprint density at radius 2 is 1.78 bits per heavy atom. The van der Waals surface area contributed by atoms with Crippen LogP contribution in [0.5, 0.6) is 0 Å². The molecular weight excluding hydrogens is 704 g/mol. The van der Waals surface area contributed by atoms with Crippen molar-refractivity contribution >= 4 is 29.3 Å². The topological polar surface area (TPSA) is 220 Å². The Morgan fingerprint density at radius 3 is 2.45 bits per heavy atom. The molecule has 0 bridgehead atoms. The van der Waals surface area contributed by atoms with Crippen molar-refractivity contribution in [2.24, 2.45) is 51.4 Å². The van der Waals surface area contributed by atoms with E-state index < -0.39 is 71.1 Å². The van der Waals surface area contributed by atoms with Crippen molar-refractivity contribution < 1.29 is 43.7 Å². The second-order valence-corrected chi connectivity index (χ2v) is 18.2. The zero-order valence-electron chi connectivity index (χ0n) is 31.6. The fourth-order valence-electron chi connectivity index (χ4n) is 12.7. The van der Waals surface area contributed by atoms with Gasteiger partial charge >= 0.3 is 0 Å². The van der Waals surface area contributed by atoms with Gasteiger partial charge in [0.25, 0.3) is 0 Å². The van der Waals surface area contributed by atoms with E-state index >= 15 is 0 Å². The zero-order valence-corrected chi connectivity index (χ0v) is 31.6. The molecule has 13 heteroatoms. The second kappa shape index (κ2) is 13.7. The quantitative estimate of drug-likeness (QED) is 0.192. The van der Waals surface area contributed by atoms with E-state index in [1.54, 1.807) is 12.2 Å². The average Bonchev–Trinajstić information content (AvgIpc) is 3.62. The highest BCUT2D eigenvalue weighted by atomic mass is 16.7. The van der Waals surface area contributed by atoms with E-state index in [0.717, 1.165) is 56.1 Å². The minimum atomic E-state index is -1.39. The highest BCUT2D eigenvalue weighted by molar-refractivity contribution is 6.01. The first-order valence-electron chi connectivity index (χ1n) is 19.9. The lowest BCUT2D eigenvalue weighted by molar-refractivity contribution is -0.201. The van der Waals surface area contributed by atoms with Gasteiger partial charge in [0, 0.05) is 28.4 Å². The number of fused-ring (bicyclic) bond motifs is 7. The summed E-state index contributed by atoms with van der Waals surface area (Å²) in [6.45, 7) is 3.20. The number of amides is 3. The first-order valence-corrected chi connectivity index (χ1v) is 19.9. The maximum atomic E-state index is 13.9. The maximum Gasteiger partial charge on any atom is 0.243 e. The van der Waals surface area contributed by atoms with Gasteiger partial charge in [-0.2, -0.15) is 0 Å². The molecule has 6 aliphatic carbocycles. The highest BCUT2D eigenvalue weighted by Gasteiger charge is 2.76. The van der Waals surface area contributed by atoms with Gasteiger partial charge < -0.3 is 41.8 Å². The van der Waals surface area contributed by atoms with Gasteiger partial charge in [0.15, 0.2) is 23.5 Å². The van der Waals surface area contributed by atoms with Crippen molar-refractivity contribution in [3.05, 3.63) is 59.2 Å². The molecule has 7 aliphatic rings. The summed E-state index contributed by atoms with van der Waals surface area (Å²) in [5.74, 6) is -1.51. The van der Waals surface area contributed by atoms with Crippen LogP contribution in [0.15, 0.2) is 48.1 Å². The van der Waals surface area contributed by atoms with Crippen molar-refractivity contribution in [3.63, 3.8) is 0 Å². The molecular formula is C42H54N4O9. The Bertz CT molecular complexity index is 1830. The summed E-state index contributed by atoms with van der Waals surface area (Å²) in [5.41, 5.74) is 11.3. The SMILES string of the molecule is C[C@]12C=CC(=O)C=C1CC[C@@H]1[C@@H]2[C@@H](O)C[C@@]2(C)[C@H]1C[C@H]1O[C@@H](c3ccc(CC4CC5(C4)CC(NC(=O)[C@H](CC(N)=O)NC(=O)CN)C5)cc3)O[C@]12C(=O)CO. The van der Waals surface area contributed by atoms with Crippen molar-refractivity contribution in [1.82, 2.24) is 10.6 Å². The van der Waals surface area contributed by atoms with Gasteiger partial charge in [-0.15, -0.1) is 0 Å². The fraction of sp³-hybridized carbons (Fsp3) is 0.643. The molecule has 3 amide bonds. The third-order valence-electron chi connectivity index (χ3n) is 15.0. The van der Waals surface area contributed by atoms with Gasteiger partial charge in [0.05, 0.1) is 25.2 Å². The number of carbonyl (C=O) groups excluding carboxylic acids is 5. The van der Waals surface area contributed by atoms with Gasteiger partial charge in [0.1, 0.15) is 12.6 Å². The second-order valence-electron chi connectivity index (χ2n) is 18.2. The van der Waals surface area contributed by atoms with Gasteiger partial charge in [0.2, 0.25) is 17.7 Å². The Kier molecular flexibility index (Phi) is 9.51. The first kappa shape index (κ1) is 38.1. The molecule has 1 aliphatic heterocycles. The van der Waals surface area contributed by atoms with Crippen LogP contribution in [0.25, 0.3) is 0 Å². The number of benzene rings is 1. The molecule has 6 fully saturated rings. The summed E-state index contributed by atoms with van der Waals surface area (Å²) in [4.78, 5) is 62.1. The van der Waals surface area contributed by atoms with Crippen LogP contribution >= 0.6 is 0 Å². The van der Waals surface area contributed by atoms with E-state index in [2.05, 4.69) is 29.7 Å². The van der Waals surface area contributed by atoms with Crippen LogP contribution in [-0.2, 0) is 39.9 Å². The number of ether oxygens (including phenoxy) is 2. The first-order chi connectivity index (χ1) is 26.1. The number of nitrogens with two attached hydrogens (primary N) is 2. The van der Waals surface area contributed by atoms with Gasteiger partial charge in [-0.1, -0.05) is 49.8 Å². The Morgan fingerprint density at radius 1 is 1.05 bits per heavy atom. The van der Waals surface area contributed by atoms with Crippen molar-refractivity contribution in [2.45, 2.75) is 114 Å². The molecule has 55 heavy (non-hydrogen) atoms. The van der Waals surface area contributed by atoms with Crippen molar-refractivity contribution in [3.8, 4) is 0 Å². The molecule has 0 aromatic heterocycles. The molecule has 1 aromatic rings. The zero-order chi connectivity index (χ0) is 39.1. The summed E-state index contributed by atoms with van der Waals surface area (Å²) in [6.07, 6.45) is 10.2. The molecule has 10 atom stereocenters. The third kappa shape index (κ3) is 6.12. The van der Waals surface area contributed by atoms with E-state index in [9.17, 15) is 34.2 Å². The van der Waals surface area contributed by atoms with Crippen LogP contribution in [-0.4, -0.2) is 82.5 Å². The number of aliphatic hydroxyl groups excluding tert-OH is 2. The molecule has 1 spiro atoms. The third-order valence-corrected chi connectivity index (χ3v) is 15.0. The predicted octanol–water partition coefficient (Wildman–Crippen LogP) is 1.83. The Balaban J connectivity index is 0.885. The van der Waals surface area contributed by atoms with Crippen molar-refractivity contribution in [2.75, 3.05) is 13.2 Å². The van der Waals surface area contributed by atoms with Gasteiger partial charge in [-0.05, 0) is 98.7 Å². The normalized spacial score (nSPS) is 41.4. The summed E-state index contributed by atoms with van der Waals surface area (Å²) < 4.78 is 13.4. The van der Waals surface area contributed by atoms with Crippen LogP contribution < -0.4 is 22.1 Å². The molecule has 296 valence electrons. The van der Waals surface area contributed by atoms with Crippen LogP contribution in [0.4, 0.5) is 0 Å². The lowest BCUT2D eigenvalue weighted by Crippen LogP contribution is -2.63. The largest absolute Gasteiger partial charge is 0.393 e. The molecule has 8 N–H and O–H groups in total. The number of rotatable bonds is 11. The number of aliphatic hydroxyl groups is 2. The maximum absolute atomic E-state index is 13.9. The van der Waals surface area contributed by atoms with Crippen LogP contribution in [0, 0.1) is 39.9 Å². The molecule has 0 unspecified atom stereocenters. The average molecular weight is 759 g/mol. The van der Waals surface area contributed by atoms with E-state index in [1.807, 2.05) is 25.1 Å². The molecule has 13 nitrogen and oxygen atoms in total. The Labute approximate surface area is 321 Å². The summed E-state index contributed by atoms with van der Waals surface area (Å²) in [5, 5.41) is 27.6. The number of Topliss-reactive ketones (excluding diaryl/α,β-unsaturated/α-hetero) is 1. The number of allylic oxidation sites excluding steroid dienone is 4. The fourth-order valence-corrected chi connectivity index (χ4v) is 12.7. The van der Waals surface area contributed by atoms with Crippen LogP contribution in [0.1, 0.15) is 89.1 Å². The Hall–Kier alpha value is -3.75. The minimum Gasteiger partial charge on any atom is -0.393 e. The number of hydrogen-bond donors (Lipinski definition) is 6. The van der Waals surface area contributed by atoms with E-state index in [4.69, 9.17) is 20.9 Å². The molecule has 1 heterocycles. The lowest BCUT2D eigenvalue weighted by atomic mass is 9.46. The monoisotopic (exact) mass is 758 g/mol. The molecule has 1 aromatic carbocycles. The highest BCUT2D eigenvalue weighted by Crippen LogP contribution is 2.70. The predicted molar refractivity (Wildman–Crippen MR) is 198 cm³/mol. The lowest BCUT2D eigenvalue weighted by Gasteiger charge is -2.59. The van der Waals surface area contributed by atoms with Crippen LogP contribution in [0.2, 0.25) is 0 Å².